The molecule has 0 amide bonds. The van der Waals surface area contributed by atoms with Gasteiger partial charge in [-0.05, 0) is 42.5 Å². The van der Waals surface area contributed by atoms with Crippen LogP contribution in [-0.4, -0.2) is 18.0 Å². The van der Waals surface area contributed by atoms with Crippen molar-refractivity contribution < 1.29 is 0 Å². The number of rotatable bonds is 7. The van der Waals surface area contributed by atoms with Crippen LogP contribution in [0.5, 0.6) is 0 Å². The summed E-state index contributed by atoms with van der Waals surface area (Å²) in [5.74, 6) is 0. The Morgan fingerprint density at radius 2 is 1.90 bits per heavy atom. The van der Waals surface area contributed by atoms with Gasteiger partial charge in [-0.3, -0.25) is 4.90 Å². The molecule has 0 atom stereocenters. The average Bonchev–Trinajstić information content (AvgIpc) is 3.19. The molecule has 2 aromatic rings. The lowest BCUT2D eigenvalue weighted by Crippen LogP contribution is -2.25. The molecule has 1 N–H and O–H groups in total. The number of nitrogens with zero attached hydrogens (tertiary/aromatic N) is 1. The number of thiophene rings is 1. The molecule has 1 aromatic heterocycles. The first-order chi connectivity index (χ1) is 9.86. The van der Waals surface area contributed by atoms with Crippen LogP contribution in [0.1, 0.15) is 28.8 Å². The first kappa shape index (κ1) is 13.8. The van der Waals surface area contributed by atoms with E-state index in [1.54, 1.807) is 0 Å². The van der Waals surface area contributed by atoms with E-state index in [0.717, 1.165) is 25.7 Å². The maximum Gasteiger partial charge on any atom is 0.0334 e. The molecule has 2 nitrogen and oxygen atoms in total. The molecule has 106 valence electrons. The van der Waals surface area contributed by atoms with Crippen molar-refractivity contribution in [3.63, 3.8) is 0 Å². The molecule has 0 radical (unpaired) electrons. The highest BCUT2D eigenvalue weighted by atomic mass is 32.1. The van der Waals surface area contributed by atoms with Gasteiger partial charge in [-0.25, -0.2) is 0 Å². The Balaban J connectivity index is 1.73. The van der Waals surface area contributed by atoms with E-state index in [1.807, 2.05) is 18.4 Å². The highest BCUT2D eigenvalue weighted by Crippen LogP contribution is 2.31. The zero-order chi connectivity index (χ0) is 13.8. The smallest absolute Gasteiger partial charge is 0.0334 e. The van der Waals surface area contributed by atoms with Gasteiger partial charge in [-0.2, -0.15) is 0 Å². The molecule has 1 aliphatic carbocycles. The fraction of sp³-hybridized carbons (Fsp3) is 0.412. The zero-order valence-corrected chi connectivity index (χ0v) is 12.8. The minimum Gasteiger partial charge on any atom is -0.316 e. The van der Waals surface area contributed by atoms with E-state index < -0.39 is 0 Å². The average molecular weight is 286 g/mol. The Bertz CT molecular complexity index is 532. The van der Waals surface area contributed by atoms with Crippen molar-refractivity contribution in [1.29, 1.82) is 0 Å². The minimum absolute atomic E-state index is 0.791. The van der Waals surface area contributed by atoms with Crippen molar-refractivity contribution in [2.75, 3.05) is 7.05 Å². The molecular formula is C17H22N2S. The first-order valence-corrected chi connectivity index (χ1v) is 8.22. The third-order valence-corrected chi connectivity index (χ3v) is 4.72. The SMILES string of the molecule is CNCc1ccccc1CN(Cc1cccs1)C1CC1. The van der Waals surface area contributed by atoms with Crippen molar-refractivity contribution in [2.24, 2.45) is 0 Å². The molecule has 3 heteroatoms. The third kappa shape index (κ3) is 3.48. The molecule has 0 unspecified atom stereocenters. The first-order valence-electron chi connectivity index (χ1n) is 7.34. The molecule has 1 fully saturated rings. The summed E-state index contributed by atoms with van der Waals surface area (Å²) in [4.78, 5) is 4.11. The largest absolute Gasteiger partial charge is 0.316 e. The highest BCUT2D eigenvalue weighted by molar-refractivity contribution is 7.09. The Kier molecular flexibility index (Phi) is 4.51. The highest BCUT2D eigenvalue weighted by Gasteiger charge is 2.29. The molecule has 1 saturated carbocycles. The van der Waals surface area contributed by atoms with Gasteiger partial charge >= 0.3 is 0 Å². The fourth-order valence-corrected chi connectivity index (χ4v) is 3.38. The summed E-state index contributed by atoms with van der Waals surface area (Å²) in [5, 5.41) is 5.45. The van der Waals surface area contributed by atoms with Crippen molar-refractivity contribution in [1.82, 2.24) is 10.2 Å². The van der Waals surface area contributed by atoms with Crippen LogP contribution in [0.2, 0.25) is 0 Å². The number of hydrogen-bond acceptors (Lipinski definition) is 3. The van der Waals surface area contributed by atoms with Crippen LogP contribution < -0.4 is 5.32 Å². The lowest BCUT2D eigenvalue weighted by atomic mass is 10.1. The van der Waals surface area contributed by atoms with E-state index in [-0.39, 0.29) is 0 Å². The summed E-state index contributed by atoms with van der Waals surface area (Å²) in [6.07, 6.45) is 2.72. The predicted molar refractivity (Wildman–Crippen MR) is 85.8 cm³/mol. The van der Waals surface area contributed by atoms with Crippen LogP contribution in [0.25, 0.3) is 0 Å². The monoisotopic (exact) mass is 286 g/mol. The lowest BCUT2D eigenvalue weighted by molar-refractivity contribution is 0.247. The maximum absolute atomic E-state index is 3.27. The lowest BCUT2D eigenvalue weighted by Gasteiger charge is -2.23. The molecule has 0 saturated heterocycles. The van der Waals surface area contributed by atoms with Crippen LogP contribution in [0.15, 0.2) is 41.8 Å². The van der Waals surface area contributed by atoms with Crippen LogP contribution in [-0.2, 0) is 19.6 Å². The summed E-state index contributed by atoms with van der Waals surface area (Å²) < 4.78 is 0. The molecular weight excluding hydrogens is 264 g/mol. The summed E-state index contributed by atoms with van der Waals surface area (Å²) >= 11 is 1.87. The van der Waals surface area contributed by atoms with Gasteiger partial charge in [0.15, 0.2) is 0 Å². The molecule has 1 aromatic carbocycles. The quantitative estimate of drug-likeness (QED) is 0.836. The molecule has 1 heterocycles. The second-order valence-electron chi connectivity index (χ2n) is 5.51. The number of hydrogen-bond donors (Lipinski definition) is 1. The third-order valence-electron chi connectivity index (χ3n) is 3.86. The minimum atomic E-state index is 0.791. The van der Waals surface area contributed by atoms with E-state index in [1.165, 1.54) is 28.8 Å². The van der Waals surface area contributed by atoms with E-state index in [9.17, 15) is 0 Å². The second kappa shape index (κ2) is 6.53. The molecule has 20 heavy (non-hydrogen) atoms. The van der Waals surface area contributed by atoms with E-state index in [2.05, 4.69) is 52.0 Å². The van der Waals surface area contributed by atoms with Crippen molar-refractivity contribution in [3.05, 3.63) is 57.8 Å². The van der Waals surface area contributed by atoms with Gasteiger partial charge in [0, 0.05) is 30.6 Å². The van der Waals surface area contributed by atoms with Gasteiger partial charge in [0.2, 0.25) is 0 Å². The van der Waals surface area contributed by atoms with E-state index in [4.69, 9.17) is 0 Å². The Morgan fingerprint density at radius 1 is 1.10 bits per heavy atom. The summed E-state index contributed by atoms with van der Waals surface area (Å²) in [6.45, 7) is 3.12. The van der Waals surface area contributed by atoms with Crippen LogP contribution in [0.3, 0.4) is 0 Å². The number of benzene rings is 1. The Morgan fingerprint density at radius 3 is 2.55 bits per heavy atom. The Hall–Kier alpha value is -1.16. The van der Waals surface area contributed by atoms with Gasteiger partial charge in [0.25, 0.3) is 0 Å². The molecule has 0 spiro atoms. The van der Waals surface area contributed by atoms with Gasteiger partial charge < -0.3 is 5.32 Å². The van der Waals surface area contributed by atoms with Gasteiger partial charge in [-0.1, -0.05) is 30.3 Å². The van der Waals surface area contributed by atoms with Gasteiger partial charge in [0.1, 0.15) is 0 Å². The summed E-state index contributed by atoms with van der Waals surface area (Å²) in [5.41, 5.74) is 2.89. The van der Waals surface area contributed by atoms with Crippen LogP contribution in [0, 0.1) is 0 Å². The summed E-state index contributed by atoms with van der Waals surface area (Å²) in [6, 6.07) is 14.0. The Labute approximate surface area is 125 Å². The molecule has 3 rings (SSSR count). The molecule has 0 aliphatic heterocycles. The van der Waals surface area contributed by atoms with Crippen LogP contribution in [0.4, 0.5) is 0 Å². The molecule has 0 bridgehead atoms. The second-order valence-corrected chi connectivity index (χ2v) is 6.55. The van der Waals surface area contributed by atoms with Crippen molar-refractivity contribution in [3.8, 4) is 0 Å². The predicted octanol–water partition coefficient (Wildman–Crippen LogP) is 3.63. The maximum atomic E-state index is 3.27. The van der Waals surface area contributed by atoms with Gasteiger partial charge in [0.05, 0.1) is 0 Å². The van der Waals surface area contributed by atoms with Crippen molar-refractivity contribution in [2.45, 2.75) is 38.5 Å². The van der Waals surface area contributed by atoms with E-state index >= 15 is 0 Å². The normalized spacial score (nSPS) is 14.9. The fourth-order valence-electron chi connectivity index (χ4n) is 2.65. The number of nitrogens with one attached hydrogen (secondary N) is 1. The zero-order valence-electron chi connectivity index (χ0n) is 12.0. The van der Waals surface area contributed by atoms with Crippen LogP contribution >= 0.6 is 11.3 Å². The van der Waals surface area contributed by atoms with E-state index in [0.29, 0.717) is 0 Å². The van der Waals surface area contributed by atoms with Crippen molar-refractivity contribution >= 4 is 11.3 Å². The topological polar surface area (TPSA) is 15.3 Å². The standard InChI is InChI=1S/C17H22N2S/c1-18-11-14-5-2-3-6-15(14)12-19(16-8-9-16)13-17-7-4-10-20-17/h2-7,10,16,18H,8-9,11-13H2,1H3. The molecule has 1 aliphatic rings. The van der Waals surface area contributed by atoms with Gasteiger partial charge in [-0.15, -0.1) is 11.3 Å². The summed E-state index contributed by atoms with van der Waals surface area (Å²) in [7, 11) is 2.01.